The Hall–Kier alpha value is -4.46. The van der Waals surface area contributed by atoms with Crippen LogP contribution in [-0.4, -0.2) is 67.7 Å². The Labute approximate surface area is 261 Å². The molecule has 242 valence electrons. The predicted octanol–water partition coefficient (Wildman–Crippen LogP) is 5.28. The van der Waals surface area contributed by atoms with E-state index in [1.807, 2.05) is 0 Å². The number of methoxy groups -OCH3 is 2. The predicted molar refractivity (Wildman–Crippen MR) is 158 cm³/mol. The molecular formula is C31H33F2NO10S. The summed E-state index contributed by atoms with van der Waals surface area (Å²) in [6.07, 6.45) is -0.415. The minimum Gasteiger partial charge on any atom is -0.493 e. The quantitative estimate of drug-likeness (QED) is 0.124. The summed E-state index contributed by atoms with van der Waals surface area (Å²) in [6.45, 7) is 1.96. The van der Waals surface area contributed by atoms with Crippen LogP contribution in [0, 0.1) is 11.6 Å². The van der Waals surface area contributed by atoms with Gasteiger partial charge in [0.05, 0.1) is 51.8 Å². The number of fused-ring (bicyclic) bond motifs is 2. The van der Waals surface area contributed by atoms with E-state index < -0.39 is 29.5 Å². The van der Waals surface area contributed by atoms with Gasteiger partial charge in [0.1, 0.15) is 0 Å². The van der Waals surface area contributed by atoms with E-state index >= 15 is 8.78 Å². The van der Waals surface area contributed by atoms with Gasteiger partial charge in [-0.25, -0.2) is 8.78 Å². The van der Waals surface area contributed by atoms with Crippen LogP contribution in [-0.2, 0) is 32.2 Å². The van der Waals surface area contributed by atoms with Crippen LogP contribution in [0.5, 0.6) is 23.0 Å². The fourth-order valence-electron chi connectivity index (χ4n) is 4.80. The van der Waals surface area contributed by atoms with Gasteiger partial charge < -0.3 is 33.7 Å². The summed E-state index contributed by atoms with van der Waals surface area (Å²) in [7, 11) is 2.72. The average Bonchev–Trinajstić information content (AvgIpc) is 3.65. The van der Waals surface area contributed by atoms with Crippen molar-refractivity contribution in [3.05, 3.63) is 45.8 Å². The number of Topliss-reactive ketones (excluding diaryl/α,β-unsaturated/α-hetero) is 1. The minimum atomic E-state index is -1.09. The van der Waals surface area contributed by atoms with E-state index in [4.69, 9.17) is 28.8 Å². The van der Waals surface area contributed by atoms with Crippen LogP contribution in [0.1, 0.15) is 59.8 Å². The van der Waals surface area contributed by atoms with E-state index in [0.717, 1.165) is 11.3 Å². The molecule has 0 fully saturated rings. The molecule has 1 aliphatic rings. The van der Waals surface area contributed by atoms with Gasteiger partial charge in [0.2, 0.25) is 5.91 Å². The number of rotatable bonds is 16. The molecule has 2 heterocycles. The molecule has 1 amide bonds. The monoisotopic (exact) mass is 649 g/mol. The number of esters is 1. The summed E-state index contributed by atoms with van der Waals surface area (Å²) >= 11 is 1.08. The maximum atomic E-state index is 15.5. The number of carboxylic acids is 1. The third kappa shape index (κ3) is 7.80. The summed E-state index contributed by atoms with van der Waals surface area (Å²) in [5.74, 6) is -3.70. The zero-order valence-electron chi connectivity index (χ0n) is 25.0. The number of carbonyl (C=O) groups excluding carboxylic acids is 3. The van der Waals surface area contributed by atoms with Crippen molar-refractivity contribution in [3.8, 4) is 23.0 Å². The highest BCUT2D eigenvalue weighted by Crippen LogP contribution is 2.41. The van der Waals surface area contributed by atoms with Crippen molar-refractivity contribution < 1.29 is 56.7 Å². The van der Waals surface area contributed by atoms with Crippen molar-refractivity contribution in [2.75, 3.05) is 34.0 Å². The van der Waals surface area contributed by atoms with E-state index in [9.17, 15) is 19.2 Å². The first-order valence-corrected chi connectivity index (χ1v) is 15.0. The molecule has 0 radical (unpaired) electrons. The van der Waals surface area contributed by atoms with Crippen molar-refractivity contribution in [2.24, 2.45) is 0 Å². The second-order valence-electron chi connectivity index (χ2n) is 10.0. The smallest absolute Gasteiger partial charge is 0.306 e. The number of benzene rings is 2. The number of carboxylic acid groups (broad SMARTS) is 1. The zero-order chi connectivity index (χ0) is 32.7. The molecule has 0 atom stereocenters. The minimum absolute atomic E-state index is 0.0168. The average molecular weight is 650 g/mol. The van der Waals surface area contributed by atoms with Crippen LogP contribution in [0.3, 0.4) is 0 Å². The van der Waals surface area contributed by atoms with Crippen LogP contribution < -0.4 is 18.9 Å². The van der Waals surface area contributed by atoms with E-state index in [0.29, 0.717) is 15.1 Å². The normalized spacial score (nSPS) is 12.2. The van der Waals surface area contributed by atoms with Gasteiger partial charge in [-0.1, -0.05) is 0 Å². The lowest BCUT2D eigenvalue weighted by molar-refractivity contribution is -0.143. The van der Waals surface area contributed by atoms with E-state index in [2.05, 4.69) is 0 Å². The molecule has 0 aliphatic carbocycles. The Morgan fingerprint density at radius 2 is 1.56 bits per heavy atom. The lowest BCUT2D eigenvalue weighted by Gasteiger charge is -2.15. The highest BCUT2D eigenvalue weighted by Gasteiger charge is 2.30. The van der Waals surface area contributed by atoms with Gasteiger partial charge >= 0.3 is 11.9 Å². The zero-order valence-corrected chi connectivity index (χ0v) is 25.9. The maximum absolute atomic E-state index is 15.5. The van der Waals surface area contributed by atoms with Crippen molar-refractivity contribution in [1.29, 1.82) is 0 Å². The van der Waals surface area contributed by atoms with Gasteiger partial charge in [0.25, 0.3) is 0 Å². The van der Waals surface area contributed by atoms with Crippen LogP contribution in [0.4, 0.5) is 8.78 Å². The first kappa shape index (κ1) is 33.4. The summed E-state index contributed by atoms with van der Waals surface area (Å²) in [5.41, 5.74) is 0.805. The molecule has 1 aliphatic heterocycles. The number of hydrogen-bond acceptors (Lipinski definition) is 10. The number of ether oxygens (including phenoxy) is 5. The number of hydrogen-bond donors (Lipinski definition) is 1. The highest BCUT2D eigenvalue weighted by atomic mass is 32.1. The standard InChI is InChI=1S/C31H33F2NO10S/c1-4-42-27(39)9-6-20(35)24-13-18-23(45-24)14-22(41-3)31(28(18)32)44-11-5-10-43-30-21(40-2)12-17-15-34(16-19(17)29(30)33)25(36)7-8-26(37)38/h12-14H,4-11,15-16H2,1-3H3,(H,37,38). The number of nitrogens with zero attached hydrogens (tertiary/aromatic N) is 1. The summed E-state index contributed by atoms with van der Waals surface area (Å²) < 4.78 is 58.3. The second kappa shape index (κ2) is 15.0. The molecule has 2 aromatic carbocycles. The largest absolute Gasteiger partial charge is 0.493 e. The van der Waals surface area contributed by atoms with Gasteiger partial charge in [0, 0.05) is 54.1 Å². The topological polar surface area (TPSA) is 138 Å². The Morgan fingerprint density at radius 1 is 0.889 bits per heavy atom. The lowest BCUT2D eigenvalue weighted by Crippen LogP contribution is -2.25. The Balaban J connectivity index is 1.38. The molecule has 1 N–H and O–H groups in total. The molecule has 0 saturated carbocycles. The van der Waals surface area contributed by atoms with Crippen LogP contribution in [0.15, 0.2) is 18.2 Å². The van der Waals surface area contributed by atoms with E-state index in [1.54, 1.807) is 19.1 Å². The van der Waals surface area contributed by atoms with Crippen molar-refractivity contribution in [3.63, 3.8) is 0 Å². The molecule has 3 aromatic rings. The Bertz CT molecular complexity index is 1610. The van der Waals surface area contributed by atoms with Gasteiger partial charge in [-0.2, -0.15) is 0 Å². The summed E-state index contributed by atoms with van der Waals surface area (Å²) in [6, 6.07) is 4.57. The number of aliphatic carboxylic acids is 1. The lowest BCUT2D eigenvalue weighted by atomic mass is 10.1. The van der Waals surface area contributed by atoms with Crippen LogP contribution >= 0.6 is 11.3 Å². The molecule has 0 spiro atoms. The van der Waals surface area contributed by atoms with Crippen molar-refractivity contribution in [2.45, 2.75) is 52.1 Å². The third-order valence-corrected chi connectivity index (χ3v) is 8.16. The molecule has 45 heavy (non-hydrogen) atoms. The van der Waals surface area contributed by atoms with Gasteiger partial charge in [-0.3, -0.25) is 19.2 Å². The van der Waals surface area contributed by atoms with Crippen LogP contribution in [0.25, 0.3) is 10.1 Å². The molecule has 11 nitrogen and oxygen atoms in total. The number of thiophene rings is 1. The summed E-state index contributed by atoms with van der Waals surface area (Å²) in [5, 5.41) is 9.01. The second-order valence-corrected chi connectivity index (χ2v) is 11.1. The number of carbonyl (C=O) groups is 4. The third-order valence-electron chi connectivity index (χ3n) is 7.04. The maximum Gasteiger partial charge on any atom is 0.306 e. The highest BCUT2D eigenvalue weighted by molar-refractivity contribution is 7.20. The first-order valence-electron chi connectivity index (χ1n) is 14.2. The SMILES string of the molecule is CCOC(=O)CCC(=O)c1cc2c(F)c(OCCCOc3c(OC)cc4c(c3F)CN(C(=O)CCC(=O)O)C4)c(OC)cc2s1. The van der Waals surface area contributed by atoms with E-state index in [1.165, 1.54) is 25.2 Å². The Morgan fingerprint density at radius 3 is 2.20 bits per heavy atom. The number of amides is 1. The van der Waals surface area contributed by atoms with Gasteiger partial charge in [-0.05, 0) is 24.6 Å². The molecule has 0 bridgehead atoms. The molecule has 1 aromatic heterocycles. The first-order chi connectivity index (χ1) is 21.6. The van der Waals surface area contributed by atoms with Gasteiger partial charge in [0.15, 0.2) is 40.4 Å². The van der Waals surface area contributed by atoms with Gasteiger partial charge in [-0.15, -0.1) is 11.3 Å². The van der Waals surface area contributed by atoms with Crippen molar-refractivity contribution >= 4 is 45.1 Å². The molecule has 0 saturated heterocycles. The molecule has 4 rings (SSSR count). The van der Waals surface area contributed by atoms with E-state index in [-0.39, 0.29) is 105 Å². The number of halogens is 2. The van der Waals surface area contributed by atoms with Crippen molar-refractivity contribution in [1.82, 2.24) is 4.90 Å². The van der Waals surface area contributed by atoms with Crippen LogP contribution in [0.2, 0.25) is 0 Å². The summed E-state index contributed by atoms with van der Waals surface area (Å²) in [4.78, 5) is 49.0. The Kier molecular flexibility index (Phi) is 11.2. The molecule has 0 unspecified atom stereocenters. The molecular weight excluding hydrogens is 616 g/mol. The number of ketones is 1. The fraction of sp³-hybridized carbons (Fsp3) is 0.419. The molecule has 14 heteroatoms. The fourth-order valence-corrected chi connectivity index (χ4v) is 5.85.